The average molecular weight is 338 g/mol. The lowest BCUT2D eigenvalue weighted by Crippen LogP contribution is -2.42. The van der Waals surface area contributed by atoms with E-state index < -0.39 is 16.1 Å². The maximum Gasteiger partial charge on any atom is 0.243 e. The zero-order valence-corrected chi connectivity index (χ0v) is 14.1. The zero-order valence-electron chi connectivity index (χ0n) is 13.2. The normalized spacial score (nSPS) is 22.7. The lowest BCUT2D eigenvalue weighted by Gasteiger charge is -2.31. The summed E-state index contributed by atoms with van der Waals surface area (Å²) in [5, 5.41) is 9.73. The molecule has 3 rings (SSSR count). The second kappa shape index (κ2) is 6.22. The number of sulfonamides is 1. The van der Waals surface area contributed by atoms with Gasteiger partial charge in [0.05, 0.1) is 11.0 Å². The Morgan fingerprint density at radius 2 is 2.04 bits per heavy atom. The van der Waals surface area contributed by atoms with Crippen LogP contribution in [0.25, 0.3) is 0 Å². The molecule has 2 aliphatic rings. The number of hydrogen-bond acceptors (Lipinski definition) is 4. The fourth-order valence-electron chi connectivity index (χ4n) is 3.35. The van der Waals surface area contributed by atoms with Gasteiger partial charge in [-0.1, -0.05) is 0 Å². The van der Waals surface area contributed by atoms with E-state index in [0.717, 1.165) is 24.1 Å². The van der Waals surface area contributed by atoms with Crippen LogP contribution in [0.3, 0.4) is 0 Å². The van der Waals surface area contributed by atoms with E-state index in [0.29, 0.717) is 25.9 Å². The molecule has 1 atom stereocenters. The number of piperidine rings is 1. The van der Waals surface area contributed by atoms with Gasteiger partial charge in [-0.15, -0.1) is 0 Å². The Morgan fingerprint density at radius 1 is 1.26 bits per heavy atom. The molecule has 0 bridgehead atoms. The van der Waals surface area contributed by atoms with Crippen LogP contribution in [0.2, 0.25) is 0 Å². The van der Waals surface area contributed by atoms with E-state index in [4.69, 9.17) is 0 Å². The maximum atomic E-state index is 12.8. The highest BCUT2D eigenvalue weighted by molar-refractivity contribution is 7.89. The van der Waals surface area contributed by atoms with Crippen molar-refractivity contribution in [3.05, 3.63) is 23.8 Å². The van der Waals surface area contributed by atoms with Crippen LogP contribution in [0.15, 0.2) is 23.1 Å². The van der Waals surface area contributed by atoms with E-state index in [1.54, 1.807) is 23.1 Å². The number of carbonyl (C=O) groups excluding carboxylic acids is 1. The predicted molar refractivity (Wildman–Crippen MR) is 86.8 cm³/mol. The second-order valence-electron chi connectivity index (χ2n) is 6.22. The quantitative estimate of drug-likeness (QED) is 0.877. The molecular formula is C16H22N2O4S. The van der Waals surface area contributed by atoms with E-state index in [2.05, 4.69) is 0 Å². The summed E-state index contributed by atoms with van der Waals surface area (Å²) in [5.74, 6) is -0.0271. The second-order valence-corrected chi connectivity index (χ2v) is 8.16. The Bertz CT molecular complexity index is 717. The Hall–Kier alpha value is -1.44. The average Bonchev–Trinajstić information content (AvgIpc) is 2.53. The molecule has 0 aromatic heterocycles. The van der Waals surface area contributed by atoms with E-state index >= 15 is 0 Å². The Labute approximate surface area is 136 Å². The lowest BCUT2D eigenvalue weighted by molar-refractivity contribution is -0.116. The third-order valence-electron chi connectivity index (χ3n) is 4.55. The first-order valence-corrected chi connectivity index (χ1v) is 9.43. The van der Waals surface area contributed by atoms with E-state index in [1.807, 2.05) is 0 Å². The highest BCUT2D eigenvalue weighted by Gasteiger charge is 2.30. The molecule has 0 saturated carbocycles. The molecule has 1 N–H and O–H groups in total. The van der Waals surface area contributed by atoms with Gasteiger partial charge in [-0.25, -0.2) is 8.42 Å². The Morgan fingerprint density at radius 3 is 2.74 bits per heavy atom. The predicted octanol–water partition coefficient (Wildman–Crippen LogP) is 1.13. The van der Waals surface area contributed by atoms with Crippen LogP contribution in [0.5, 0.6) is 0 Å². The first kappa shape index (κ1) is 16.4. The minimum Gasteiger partial charge on any atom is -0.392 e. The number of β-amino-alcohol motifs (C(OH)–C–C–N with tert-alkyl or cyclic N) is 1. The number of aliphatic hydroxyl groups is 1. The van der Waals surface area contributed by atoms with Gasteiger partial charge in [0.2, 0.25) is 15.9 Å². The van der Waals surface area contributed by atoms with Crippen molar-refractivity contribution in [2.75, 3.05) is 24.5 Å². The van der Waals surface area contributed by atoms with Crippen LogP contribution in [-0.2, 0) is 21.2 Å². The summed E-state index contributed by atoms with van der Waals surface area (Å²) in [6.07, 6.45) is 2.32. The molecule has 1 fully saturated rings. The van der Waals surface area contributed by atoms with Gasteiger partial charge in [0.15, 0.2) is 0 Å². The van der Waals surface area contributed by atoms with Gasteiger partial charge >= 0.3 is 0 Å². The van der Waals surface area contributed by atoms with Crippen molar-refractivity contribution in [2.24, 2.45) is 0 Å². The molecule has 126 valence electrons. The van der Waals surface area contributed by atoms with Gasteiger partial charge in [0.25, 0.3) is 0 Å². The molecule has 1 aromatic carbocycles. The van der Waals surface area contributed by atoms with Gasteiger partial charge in [-0.05, 0) is 49.4 Å². The molecule has 6 nitrogen and oxygen atoms in total. The number of rotatable bonds is 2. The van der Waals surface area contributed by atoms with Gasteiger partial charge in [-0.2, -0.15) is 4.31 Å². The number of carbonyl (C=O) groups is 1. The number of aryl methyl sites for hydroxylation is 1. The first-order valence-electron chi connectivity index (χ1n) is 7.99. The van der Waals surface area contributed by atoms with Crippen LogP contribution in [-0.4, -0.2) is 49.5 Å². The summed E-state index contributed by atoms with van der Waals surface area (Å²) in [6.45, 7) is 2.79. The highest BCUT2D eigenvalue weighted by atomic mass is 32.2. The van der Waals surface area contributed by atoms with Gasteiger partial charge < -0.3 is 10.0 Å². The first-order chi connectivity index (χ1) is 10.9. The van der Waals surface area contributed by atoms with Crippen molar-refractivity contribution in [1.82, 2.24) is 4.31 Å². The number of amides is 1. The van der Waals surface area contributed by atoms with Crippen LogP contribution >= 0.6 is 0 Å². The lowest BCUT2D eigenvalue weighted by atomic mass is 10.0. The van der Waals surface area contributed by atoms with Crippen LogP contribution in [0, 0.1) is 0 Å². The van der Waals surface area contributed by atoms with Gasteiger partial charge in [0, 0.05) is 32.2 Å². The molecule has 0 spiro atoms. The third-order valence-corrected chi connectivity index (χ3v) is 6.41. The summed E-state index contributed by atoms with van der Waals surface area (Å²) in [4.78, 5) is 13.6. The summed E-state index contributed by atoms with van der Waals surface area (Å²) in [5.41, 5.74) is 1.70. The molecule has 2 aliphatic heterocycles. The zero-order chi connectivity index (χ0) is 16.6. The minimum atomic E-state index is -3.60. The summed E-state index contributed by atoms with van der Waals surface area (Å²) in [6, 6.07) is 4.97. The monoisotopic (exact) mass is 338 g/mol. The molecule has 0 aliphatic carbocycles. The molecule has 1 aromatic rings. The van der Waals surface area contributed by atoms with Crippen molar-refractivity contribution in [2.45, 2.75) is 43.6 Å². The minimum absolute atomic E-state index is 0.0271. The fourth-order valence-corrected chi connectivity index (χ4v) is 4.92. The number of anilines is 1. The summed E-state index contributed by atoms with van der Waals surface area (Å²) < 4.78 is 26.9. The number of fused-ring (bicyclic) bond motifs is 1. The SMILES string of the molecule is CC(=O)N1CCCc2cc(S(=O)(=O)N3CCCC(O)C3)ccc21. The van der Waals surface area contributed by atoms with E-state index in [1.165, 1.54) is 11.2 Å². The van der Waals surface area contributed by atoms with Crippen LogP contribution < -0.4 is 4.90 Å². The van der Waals surface area contributed by atoms with Crippen LogP contribution in [0.4, 0.5) is 5.69 Å². The highest BCUT2D eigenvalue weighted by Crippen LogP contribution is 2.31. The molecule has 7 heteroatoms. The van der Waals surface area contributed by atoms with Crippen molar-refractivity contribution in [3.8, 4) is 0 Å². The molecule has 2 heterocycles. The summed E-state index contributed by atoms with van der Waals surface area (Å²) >= 11 is 0. The largest absolute Gasteiger partial charge is 0.392 e. The Balaban J connectivity index is 1.93. The van der Waals surface area contributed by atoms with Crippen LogP contribution in [0.1, 0.15) is 31.7 Å². The van der Waals surface area contributed by atoms with E-state index in [9.17, 15) is 18.3 Å². The molecular weight excluding hydrogens is 316 g/mol. The smallest absolute Gasteiger partial charge is 0.243 e. The van der Waals surface area contributed by atoms with Crippen molar-refractivity contribution < 1.29 is 18.3 Å². The molecule has 1 unspecified atom stereocenters. The van der Waals surface area contributed by atoms with Crippen molar-refractivity contribution >= 4 is 21.6 Å². The topological polar surface area (TPSA) is 77.9 Å². The maximum absolute atomic E-state index is 12.8. The summed E-state index contributed by atoms with van der Waals surface area (Å²) in [7, 11) is -3.60. The number of aliphatic hydroxyl groups excluding tert-OH is 1. The number of benzene rings is 1. The molecule has 0 radical (unpaired) electrons. The number of hydrogen-bond donors (Lipinski definition) is 1. The van der Waals surface area contributed by atoms with Crippen molar-refractivity contribution in [3.63, 3.8) is 0 Å². The van der Waals surface area contributed by atoms with Gasteiger partial charge in [0.1, 0.15) is 0 Å². The van der Waals surface area contributed by atoms with E-state index in [-0.39, 0.29) is 17.3 Å². The standard InChI is InChI=1S/C16H22N2O4S/c1-12(19)18-9-2-4-13-10-15(6-7-16(13)18)23(21,22)17-8-3-5-14(20)11-17/h6-7,10,14,20H,2-5,8-9,11H2,1H3. The molecule has 1 saturated heterocycles. The Kier molecular flexibility index (Phi) is 4.44. The fraction of sp³-hybridized carbons (Fsp3) is 0.562. The molecule has 23 heavy (non-hydrogen) atoms. The third kappa shape index (κ3) is 3.13. The molecule has 1 amide bonds. The number of nitrogens with zero attached hydrogens (tertiary/aromatic N) is 2. The van der Waals surface area contributed by atoms with Crippen molar-refractivity contribution in [1.29, 1.82) is 0 Å². The van der Waals surface area contributed by atoms with Gasteiger partial charge in [-0.3, -0.25) is 4.79 Å².